The molecule has 1 amide bonds. The van der Waals surface area contributed by atoms with E-state index in [-0.39, 0.29) is 17.0 Å². The fraction of sp³-hybridized carbons (Fsp3) is 0.417. The van der Waals surface area contributed by atoms with Crippen LogP contribution in [0.4, 0.5) is 10.1 Å². The molecule has 6 heteroatoms. The molecule has 1 aromatic carbocycles. The van der Waals surface area contributed by atoms with Gasteiger partial charge in [0.15, 0.2) is 0 Å². The van der Waals surface area contributed by atoms with Crippen LogP contribution in [0.2, 0.25) is 5.02 Å². The monoisotopic (exact) mass is 274 g/mol. The van der Waals surface area contributed by atoms with Crippen molar-refractivity contribution in [2.75, 3.05) is 25.6 Å². The van der Waals surface area contributed by atoms with Gasteiger partial charge in [-0.2, -0.15) is 0 Å². The number of carbonyl (C=O) groups excluding carboxylic acids is 1. The second-order valence-corrected chi connectivity index (χ2v) is 4.19. The molecule has 0 saturated heterocycles. The maximum atomic E-state index is 12.8. The largest absolute Gasteiger partial charge is 0.383 e. The number of hydrogen-bond acceptors (Lipinski definition) is 3. The van der Waals surface area contributed by atoms with Gasteiger partial charge in [-0.1, -0.05) is 11.6 Å². The summed E-state index contributed by atoms with van der Waals surface area (Å²) in [6.07, 6.45) is 0. The molecule has 100 valence electrons. The van der Waals surface area contributed by atoms with Crippen LogP contribution >= 0.6 is 11.6 Å². The van der Waals surface area contributed by atoms with Crippen LogP contribution in [0, 0.1) is 5.82 Å². The average molecular weight is 275 g/mol. The Morgan fingerprint density at radius 1 is 1.56 bits per heavy atom. The zero-order valence-corrected chi connectivity index (χ0v) is 11.1. The fourth-order valence-corrected chi connectivity index (χ4v) is 1.52. The van der Waals surface area contributed by atoms with Crippen molar-refractivity contribution in [2.24, 2.45) is 0 Å². The van der Waals surface area contributed by atoms with E-state index >= 15 is 0 Å². The maximum absolute atomic E-state index is 12.8. The number of carbonyl (C=O) groups is 1. The van der Waals surface area contributed by atoms with Gasteiger partial charge >= 0.3 is 0 Å². The second kappa shape index (κ2) is 7.31. The van der Waals surface area contributed by atoms with Gasteiger partial charge in [-0.05, 0) is 25.1 Å². The molecule has 0 aliphatic carbocycles. The second-order valence-electron chi connectivity index (χ2n) is 3.78. The predicted molar refractivity (Wildman–Crippen MR) is 69.4 cm³/mol. The zero-order chi connectivity index (χ0) is 13.5. The van der Waals surface area contributed by atoms with E-state index < -0.39 is 5.82 Å². The number of nitrogens with one attached hydrogen (secondary N) is 2. The Bertz CT molecular complexity index is 415. The lowest BCUT2D eigenvalue weighted by atomic mass is 10.2. The van der Waals surface area contributed by atoms with Gasteiger partial charge in [0, 0.05) is 13.7 Å². The Hall–Kier alpha value is -1.17. The summed E-state index contributed by atoms with van der Waals surface area (Å²) in [5.41, 5.74) is 0.392. The molecule has 2 N–H and O–H groups in total. The van der Waals surface area contributed by atoms with Crippen LogP contribution in [0.1, 0.15) is 6.92 Å². The zero-order valence-electron chi connectivity index (χ0n) is 10.3. The van der Waals surface area contributed by atoms with Gasteiger partial charge in [0.2, 0.25) is 5.91 Å². The number of hydrogen-bond donors (Lipinski definition) is 2. The third-order valence-corrected chi connectivity index (χ3v) is 2.65. The van der Waals surface area contributed by atoms with Crippen molar-refractivity contribution in [3.05, 3.63) is 29.0 Å². The first-order chi connectivity index (χ1) is 8.54. The van der Waals surface area contributed by atoms with Crippen molar-refractivity contribution < 1.29 is 13.9 Å². The van der Waals surface area contributed by atoms with E-state index in [1.54, 1.807) is 14.0 Å². The smallest absolute Gasteiger partial charge is 0.241 e. The highest BCUT2D eigenvalue weighted by Crippen LogP contribution is 2.22. The minimum atomic E-state index is -0.440. The molecule has 0 aliphatic heterocycles. The Kier molecular flexibility index (Phi) is 6.04. The van der Waals surface area contributed by atoms with Crippen LogP contribution in [0.25, 0.3) is 0 Å². The molecule has 0 spiro atoms. The summed E-state index contributed by atoms with van der Waals surface area (Å²) < 4.78 is 17.7. The number of methoxy groups -OCH3 is 1. The van der Waals surface area contributed by atoms with Crippen LogP contribution in [0.5, 0.6) is 0 Å². The summed E-state index contributed by atoms with van der Waals surface area (Å²) in [5.74, 6) is -0.677. The molecule has 0 saturated carbocycles. The van der Waals surface area contributed by atoms with Crippen molar-refractivity contribution in [3.8, 4) is 0 Å². The van der Waals surface area contributed by atoms with E-state index in [2.05, 4.69) is 10.6 Å². The number of halogens is 2. The minimum Gasteiger partial charge on any atom is -0.383 e. The quantitative estimate of drug-likeness (QED) is 0.781. The van der Waals surface area contributed by atoms with E-state index in [4.69, 9.17) is 16.3 Å². The lowest BCUT2D eigenvalue weighted by Crippen LogP contribution is -2.39. The lowest BCUT2D eigenvalue weighted by Gasteiger charge is -2.14. The van der Waals surface area contributed by atoms with Gasteiger partial charge in [0.05, 0.1) is 23.4 Å². The van der Waals surface area contributed by atoms with Crippen LogP contribution in [0.15, 0.2) is 18.2 Å². The maximum Gasteiger partial charge on any atom is 0.241 e. The standard InChI is InChI=1S/C12H16ClFN2O2/c1-8(15-5-6-18-2)12(17)16-11-4-3-9(14)7-10(11)13/h3-4,7-8,15H,5-6H2,1-2H3,(H,16,17). The van der Waals surface area contributed by atoms with E-state index in [9.17, 15) is 9.18 Å². The predicted octanol–water partition coefficient (Wildman–Crippen LogP) is 2.04. The van der Waals surface area contributed by atoms with Crippen molar-refractivity contribution in [3.63, 3.8) is 0 Å². The molecule has 1 rings (SSSR count). The molecular formula is C12H16ClFN2O2. The fourth-order valence-electron chi connectivity index (χ4n) is 1.30. The Balaban J connectivity index is 2.53. The molecule has 4 nitrogen and oxygen atoms in total. The third-order valence-electron chi connectivity index (χ3n) is 2.34. The third kappa shape index (κ3) is 4.60. The number of benzene rings is 1. The molecule has 0 aliphatic rings. The van der Waals surface area contributed by atoms with Crippen LogP contribution in [-0.2, 0) is 9.53 Å². The summed E-state index contributed by atoms with van der Waals surface area (Å²) in [4.78, 5) is 11.8. The van der Waals surface area contributed by atoms with Gasteiger partial charge < -0.3 is 15.4 Å². The number of ether oxygens (including phenoxy) is 1. The highest BCUT2D eigenvalue weighted by atomic mass is 35.5. The Morgan fingerprint density at radius 3 is 2.89 bits per heavy atom. The molecule has 18 heavy (non-hydrogen) atoms. The van der Waals surface area contributed by atoms with Gasteiger partial charge in [-0.25, -0.2) is 4.39 Å². The highest BCUT2D eigenvalue weighted by Gasteiger charge is 2.13. The number of anilines is 1. The van der Waals surface area contributed by atoms with Crippen LogP contribution in [0.3, 0.4) is 0 Å². The molecule has 1 aromatic rings. The van der Waals surface area contributed by atoms with Gasteiger partial charge in [-0.3, -0.25) is 4.79 Å². The first-order valence-electron chi connectivity index (χ1n) is 5.53. The highest BCUT2D eigenvalue weighted by molar-refractivity contribution is 6.33. The summed E-state index contributed by atoms with van der Waals surface area (Å²) in [5, 5.41) is 5.78. The molecule has 0 heterocycles. The summed E-state index contributed by atoms with van der Waals surface area (Å²) in [7, 11) is 1.59. The SMILES string of the molecule is COCCNC(C)C(=O)Nc1ccc(F)cc1Cl. The van der Waals surface area contributed by atoms with Crippen molar-refractivity contribution in [2.45, 2.75) is 13.0 Å². The molecule has 0 aromatic heterocycles. The Morgan fingerprint density at radius 2 is 2.28 bits per heavy atom. The van der Waals surface area contributed by atoms with E-state index in [0.717, 1.165) is 6.07 Å². The van der Waals surface area contributed by atoms with Crippen LogP contribution < -0.4 is 10.6 Å². The summed E-state index contributed by atoms with van der Waals surface area (Å²) >= 11 is 5.81. The topological polar surface area (TPSA) is 50.4 Å². The molecule has 1 unspecified atom stereocenters. The summed E-state index contributed by atoms with van der Waals surface area (Å²) in [6, 6.07) is 3.43. The average Bonchev–Trinajstić information content (AvgIpc) is 2.32. The number of rotatable bonds is 6. The van der Waals surface area contributed by atoms with E-state index in [1.807, 2.05) is 0 Å². The summed E-state index contributed by atoms with van der Waals surface area (Å²) in [6.45, 7) is 2.82. The normalized spacial score (nSPS) is 12.2. The van der Waals surface area contributed by atoms with E-state index in [0.29, 0.717) is 18.8 Å². The first-order valence-corrected chi connectivity index (χ1v) is 5.90. The molecule has 0 fully saturated rings. The first kappa shape index (κ1) is 14.9. The van der Waals surface area contributed by atoms with Crippen molar-refractivity contribution in [1.82, 2.24) is 5.32 Å². The molecular weight excluding hydrogens is 259 g/mol. The minimum absolute atomic E-state index is 0.174. The van der Waals surface area contributed by atoms with Gasteiger partial charge in [0.1, 0.15) is 5.82 Å². The number of amides is 1. The molecule has 0 bridgehead atoms. The van der Waals surface area contributed by atoms with Crippen molar-refractivity contribution >= 4 is 23.2 Å². The van der Waals surface area contributed by atoms with Gasteiger partial charge in [-0.15, -0.1) is 0 Å². The lowest BCUT2D eigenvalue weighted by molar-refractivity contribution is -0.117. The molecule has 1 atom stereocenters. The van der Waals surface area contributed by atoms with Crippen molar-refractivity contribution in [1.29, 1.82) is 0 Å². The van der Waals surface area contributed by atoms with Crippen LogP contribution in [-0.4, -0.2) is 32.2 Å². The Labute approximate surface area is 110 Å². The van der Waals surface area contributed by atoms with Gasteiger partial charge in [0.25, 0.3) is 0 Å². The molecule has 0 radical (unpaired) electrons. The van der Waals surface area contributed by atoms with E-state index in [1.165, 1.54) is 12.1 Å².